The summed E-state index contributed by atoms with van der Waals surface area (Å²) in [5.41, 5.74) is -0.636. The van der Waals surface area contributed by atoms with Crippen LogP contribution >= 0.6 is 23.2 Å². The number of carbonyl (C=O) groups excluding carboxylic acids is 2. The van der Waals surface area contributed by atoms with Crippen LogP contribution in [0.4, 0.5) is 5.69 Å². The molecule has 4 aliphatic carbocycles. The first-order valence-corrected chi connectivity index (χ1v) is 17.1. The summed E-state index contributed by atoms with van der Waals surface area (Å²) in [6, 6.07) is 8.12. The number of ketones is 1. The maximum absolute atomic E-state index is 14.2. The standard InChI is InChI=1S/C34H45Cl2NO7/c1-20-23-11-12-24-32-19-43-34(42,29(41)27(32)31(2,3)14-13-25(32)38)33(24,28(20)40)30(23)44-26(39)6-4-5-21-7-9-22(10-8-21)37(17-15-35)18-16-36/h7-10,23-25,27,29-30,38,41-42H,1,4-6,11-19H2,2-3H3/t23-,24?,25-,27+,29-,30+,32+,33-,34-/m0/s1. The predicted octanol–water partition coefficient (Wildman–Crippen LogP) is 4.23. The zero-order valence-corrected chi connectivity index (χ0v) is 27.2. The van der Waals surface area contributed by atoms with E-state index in [4.69, 9.17) is 32.7 Å². The minimum atomic E-state index is -2.25. The number of halogens is 2. The molecule has 8 nitrogen and oxygen atoms in total. The van der Waals surface area contributed by atoms with Crippen molar-refractivity contribution in [2.24, 2.45) is 34.0 Å². The number of carbonyl (C=O) groups is 2. The number of hydrogen-bond acceptors (Lipinski definition) is 8. The van der Waals surface area contributed by atoms with Crippen molar-refractivity contribution in [1.29, 1.82) is 0 Å². The van der Waals surface area contributed by atoms with Gasteiger partial charge in [-0.15, -0.1) is 23.2 Å². The number of ether oxygens (including phenoxy) is 2. The number of aliphatic hydroxyl groups excluding tert-OH is 2. The van der Waals surface area contributed by atoms with Crippen LogP contribution in [0.25, 0.3) is 0 Å². The Morgan fingerprint density at radius 2 is 1.80 bits per heavy atom. The maximum Gasteiger partial charge on any atom is 0.306 e. The third-order valence-corrected chi connectivity index (χ3v) is 12.3. The minimum Gasteiger partial charge on any atom is -0.460 e. The SMILES string of the molecule is C=C1C(=O)[C@@]23C(CC[C@@H]1[C@H]2OC(=O)CCCc1ccc(N(CCCl)CCCl)cc1)[C@@]12CO[C@@]3(O)[C@@H](O)[C@@H]1C(C)(C)CC[C@@H]2O. The summed E-state index contributed by atoms with van der Waals surface area (Å²) >= 11 is 11.9. The Balaban J connectivity index is 1.21. The summed E-state index contributed by atoms with van der Waals surface area (Å²) in [6.45, 7) is 9.63. The number of aliphatic hydroxyl groups is 3. The molecular weight excluding hydrogens is 605 g/mol. The van der Waals surface area contributed by atoms with Crippen molar-refractivity contribution in [3.63, 3.8) is 0 Å². The highest BCUT2D eigenvalue weighted by atomic mass is 35.5. The van der Waals surface area contributed by atoms with Crippen molar-refractivity contribution < 1.29 is 34.4 Å². The van der Waals surface area contributed by atoms with E-state index in [9.17, 15) is 24.9 Å². The number of nitrogens with zero attached hydrogens (tertiary/aromatic N) is 1. The van der Waals surface area contributed by atoms with Gasteiger partial charge in [0.1, 0.15) is 17.6 Å². The molecular formula is C34H45Cl2NO7. The van der Waals surface area contributed by atoms with Gasteiger partial charge in [0, 0.05) is 54.2 Å². The number of benzene rings is 1. The van der Waals surface area contributed by atoms with Crippen molar-refractivity contribution in [3.8, 4) is 0 Å². The van der Waals surface area contributed by atoms with Gasteiger partial charge < -0.3 is 29.7 Å². The Labute approximate surface area is 269 Å². The topological polar surface area (TPSA) is 117 Å². The summed E-state index contributed by atoms with van der Waals surface area (Å²) in [7, 11) is 0. The molecule has 4 saturated carbocycles. The van der Waals surface area contributed by atoms with Crippen molar-refractivity contribution in [2.75, 3.05) is 36.4 Å². The van der Waals surface area contributed by atoms with Gasteiger partial charge in [0.05, 0.1) is 12.7 Å². The lowest BCUT2D eigenvalue weighted by molar-refractivity contribution is -0.458. The molecule has 9 atom stereocenters. The molecule has 0 radical (unpaired) electrons. The molecule has 2 saturated heterocycles. The summed E-state index contributed by atoms with van der Waals surface area (Å²) in [5, 5.41) is 35.8. The molecule has 2 heterocycles. The van der Waals surface area contributed by atoms with Crippen molar-refractivity contribution in [3.05, 3.63) is 42.0 Å². The van der Waals surface area contributed by atoms with Gasteiger partial charge in [-0.3, -0.25) is 9.59 Å². The quantitative estimate of drug-likeness (QED) is 0.196. The van der Waals surface area contributed by atoms with Crippen LogP contribution < -0.4 is 4.90 Å². The predicted molar refractivity (Wildman–Crippen MR) is 168 cm³/mol. The van der Waals surface area contributed by atoms with E-state index in [2.05, 4.69) is 11.5 Å². The van der Waals surface area contributed by atoms with E-state index in [-0.39, 0.29) is 13.0 Å². The highest BCUT2D eigenvalue weighted by molar-refractivity contribution is 6.18. The molecule has 2 spiro atoms. The van der Waals surface area contributed by atoms with E-state index in [1.807, 2.05) is 38.1 Å². The normalized spacial score (nSPS) is 40.0. The Hall–Kier alpha value is -1.68. The molecule has 6 fully saturated rings. The molecule has 1 aromatic rings. The van der Waals surface area contributed by atoms with Crippen molar-refractivity contribution in [2.45, 2.75) is 82.9 Å². The lowest BCUT2D eigenvalue weighted by atomic mass is 9.35. The number of rotatable bonds is 10. The van der Waals surface area contributed by atoms with Gasteiger partial charge >= 0.3 is 5.97 Å². The maximum atomic E-state index is 14.2. The Morgan fingerprint density at radius 3 is 2.45 bits per heavy atom. The fourth-order valence-corrected chi connectivity index (χ4v) is 10.5. The second kappa shape index (κ2) is 11.5. The Kier molecular flexibility index (Phi) is 8.46. The molecule has 6 aliphatic rings. The number of Topliss-reactive ketones (excluding diaryl/α,β-unsaturated/α-hetero) is 1. The molecule has 2 aliphatic heterocycles. The van der Waals surface area contributed by atoms with Gasteiger partial charge in [0.25, 0.3) is 0 Å². The molecule has 44 heavy (non-hydrogen) atoms. The fraction of sp³-hybridized carbons (Fsp3) is 0.706. The third kappa shape index (κ3) is 4.38. The molecule has 242 valence electrons. The molecule has 10 heteroatoms. The Bertz CT molecular complexity index is 1300. The molecule has 0 amide bonds. The number of aryl methyl sites for hydroxylation is 1. The van der Waals surface area contributed by atoms with Crippen LogP contribution in [0.15, 0.2) is 36.4 Å². The van der Waals surface area contributed by atoms with E-state index in [0.717, 1.165) is 11.3 Å². The zero-order chi connectivity index (χ0) is 31.7. The van der Waals surface area contributed by atoms with Crippen LogP contribution in [0.3, 0.4) is 0 Å². The Morgan fingerprint density at radius 1 is 1.11 bits per heavy atom. The highest BCUT2D eigenvalue weighted by Gasteiger charge is 2.87. The minimum absolute atomic E-state index is 0.0433. The van der Waals surface area contributed by atoms with Crippen LogP contribution in [0.2, 0.25) is 0 Å². The lowest BCUT2D eigenvalue weighted by Gasteiger charge is -2.74. The molecule has 3 N–H and O–H groups in total. The smallest absolute Gasteiger partial charge is 0.306 e. The first-order valence-electron chi connectivity index (χ1n) is 16.0. The summed E-state index contributed by atoms with van der Waals surface area (Å²) in [6.07, 6.45) is 0.347. The average Bonchev–Trinajstić information content (AvgIpc) is 3.10. The molecule has 1 unspecified atom stereocenters. The van der Waals surface area contributed by atoms with E-state index in [1.54, 1.807) is 0 Å². The van der Waals surface area contributed by atoms with E-state index >= 15 is 0 Å². The number of fused-ring (bicyclic) bond motifs is 2. The molecule has 0 aromatic heterocycles. The van der Waals surface area contributed by atoms with Gasteiger partial charge in [-0.25, -0.2) is 0 Å². The van der Waals surface area contributed by atoms with Gasteiger partial charge in [-0.1, -0.05) is 32.6 Å². The number of alkyl halides is 2. The number of esters is 1. The zero-order valence-electron chi connectivity index (χ0n) is 25.6. The first-order chi connectivity index (χ1) is 20.9. The second-order valence-electron chi connectivity index (χ2n) is 14.3. The van der Waals surface area contributed by atoms with Crippen LogP contribution in [0.1, 0.15) is 57.9 Å². The molecule has 4 bridgehead atoms. The van der Waals surface area contributed by atoms with Crippen LogP contribution in [-0.2, 0) is 25.5 Å². The monoisotopic (exact) mass is 649 g/mol. The number of anilines is 1. The summed E-state index contributed by atoms with van der Waals surface area (Å²) in [5.74, 6) is -3.58. The van der Waals surface area contributed by atoms with Gasteiger partial charge in [-0.2, -0.15) is 0 Å². The highest BCUT2D eigenvalue weighted by Crippen LogP contribution is 2.76. The molecule has 1 aromatic carbocycles. The van der Waals surface area contributed by atoms with Gasteiger partial charge in [0.15, 0.2) is 5.78 Å². The van der Waals surface area contributed by atoms with E-state index in [0.29, 0.717) is 68.9 Å². The van der Waals surface area contributed by atoms with Crippen LogP contribution in [0.5, 0.6) is 0 Å². The van der Waals surface area contributed by atoms with Gasteiger partial charge in [-0.05, 0) is 73.1 Å². The van der Waals surface area contributed by atoms with Crippen LogP contribution in [0, 0.1) is 34.0 Å². The van der Waals surface area contributed by atoms with Gasteiger partial charge in [0.2, 0.25) is 5.79 Å². The van der Waals surface area contributed by atoms with Crippen molar-refractivity contribution >= 4 is 40.6 Å². The van der Waals surface area contributed by atoms with E-state index in [1.165, 1.54) is 0 Å². The summed E-state index contributed by atoms with van der Waals surface area (Å²) < 4.78 is 12.3. The first kappa shape index (κ1) is 32.3. The second-order valence-corrected chi connectivity index (χ2v) is 15.1. The van der Waals surface area contributed by atoms with E-state index < -0.39 is 69.9 Å². The summed E-state index contributed by atoms with van der Waals surface area (Å²) in [4.78, 5) is 29.8. The third-order valence-electron chi connectivity index (χ3n) is 12.0. The number of hydrogen-bond donors (Lipinski definition) is 3. The average molecular weight is 651 g/mol. The van der Waals surface area contributed by atoms with Crippen LogP contribution in [-0.4, -0.2) is 82.6 Å². The van der Waals surface area contributed by atoms with Crippen molar-refractivity contribution in [1.82, 2.24) is 0 Å². The largest absolute Gasteiger partial charge is 0.460 e. The molecule has 7 rings (SSSR count). The fourth-order valence-electron chi connectivity index (χ4n) is 10.1. The lowest BCUT2D eigenvalue weighted by Crippen LogP contribution is -2.85.